The number of halogens is 2. The van der Waals surface area contributed by atoms with E-state index in [-0.39, 0.29) is 17.9 Å². The lowest BCUT2D eigenvalue weighted by Crippen LogP contribution is -2.37. The van der Waals surface area contributed by atoms with E-state index >= 15 is 9.59 Å². The van der Waals surface area contributed by atoms with Gasteiger partial charge in [-0.1, -0.05) is 285 Å². The molecule has 0 radical (unpaired) electrons. The Morgan fingerprint density at radius 1 is 0.405 bits per heavy atom. The molecule has 2 aromatic rings. The lowest BCUT2D eigenvalue weighted by Gasteiger charge is -2.30. The van der Waals surface area contributed by atoms with Crippen molar-refractivity contribution in [1.29, 1.82) is 0 Å². The predicted octanol–water partition coefficient (Wildman–Crippen LogP) is 23.4. The molecule has 4 rings (SSSR count). The maximum Gasteiger partial charge on any atom is 0.253 e. The van der Waals surface area contributed by atoms with Gasteiger partial charge in [0, 0.05) is 18.0 Å². The molecule has 1 saturated heterocycles. The average Bonchev–Trinajstić information content (AvgIpc) is 4.12. The monoisotopic (exact) mass is 1190 g/mol. The average molecular weight is 1190 g/mol. The summed E-state index contributed by atoms with van der Waals surface area (Å²) in [7, 11) is 0. The number of thiophene rings is 2. The van der Waals surface area contributed by atoms with Crippen molar-refractivity contribution in [2.45, 2.75) is 329 Å². The molecule has 1 fully saturated rings. The molecular formula is C66H112Br2N2O2S2. The molecule has 0 saturated carbocycles. The van der Waals surface area contributed by atoms with Gasteiger partial charge in [-0.25, -0.2) is 0 Å². The highest BCUT2D eigenvalue weighted by Crippen LogP contribution is 2.55. The summed E-state index contributed by atoms with van der Waals surface area (Å²) in [4.78, 5) is 37.2. The third kappa shape index (κ3) is 24.6. The second-order valence-corrected chi connectivity index (χ2v) is 28.1. The molecule has 2 aliphatic rings. The Morgan fingerprint density at radius 2 is 0.730 bits per heavy atom. The van der Waals surface area contributed by atoms with Gasteiger partial charge in [-0.2, -0.15) is 0 Å². The SMILES string of the molecule is CCCCCCCCCCCCCCCCCCCCc1cc(Br)sc1C1=C2C(=O)N(CCCCCC)C(c3sc(Br)cc3CCCCCCCCCCCCCCCCCCCC)C2C(=O)N1CCCCCC. The molecule has 74 heavy (non-hydrogen) atoms. The minimum Gasteiger partial charge on any atom is -0.330 e. The first-order valence-electron chi connectivity index (χ1n) is 32.3. The van der Waals surface area contributed by atoms with Gasteiger partial charge < -0.3 is 9.80 Å². The molecule has 2 aliphatic heterocycles. The van der Waals surface area contributed by atoms with Crippen LogP contribution in [0.5, 0.6) is 0 Å². The number of nitrogens with zero attached hydrogens (tertiary/aromatic N) is 2. The molecule has 4 heterocycles. The van der Waals surface area contributed by atoms with Gasteiger partial charge in [0.1, 0.15) is 0 Å². The molecule has 2 unspecified atom stereocenters. The van der Waals surface area contributed by atoms with E-state index in [0.717, 1.165) is 94.5 Å². The Labute approximate surface area is 482 Å². The number of hydrogen-bond acceptors (Lipinski definition) is 4. The van der Waals surface area contributed by atoms with Gasteiger partial charge >= 0.3 is 0 Å². The summed E-state index contributed by atoms with van der Waals surface area (Å²) in [6.45, 7) is 10.5. The number of carbonyl (C=O) groups excluding carboxylic acids is 2. The minimum atomic E-state index is -0.446. The molecule has 0 aliphatic carbocycles. The summed E-state index contributed by atoms with van der Waals surface area (Å²) in [6.07, 6.45) is 60.5. The lowest BCUT2D eigenvalue weighted by molar-refractivity contribution is -0.131. The van der Waals surface area contributed by atoms with Crippen LogP contribution in [-0.4, -0.2) is 34.7 Å². The van der Waals surface area contributed by atoms with Crippen LogP contribution >= 0.6 is 54.5 Å². The normalized spacial score (nSPS) is 15.8. The summed E-state index contributed by atoms with van der Waals surface area (Å²) >= 11 is 11.4. The number of likely N-dealkylation sites (tertiary alicyclic amines) is 1. The van der Waals surface area contributed by atoms with Crippen LogP contribution in [0.3, 0.4) is 0 Å². The largest absolute Gasteiger partial charge is 0.330 e. The Kier molecular flexibility index (Phi) is 37.2. The van der Waals surface area contributed by atoms with Crippen LogP contribution in [0.4, 0.5) is 0 Å². The number of amides is 2. The molecule has 424 valence electrons. The van der Waals surface area contributed by atoms with Gasteiger partial charge in [0.15, 0.2) is 0 Å². The van der Waals surface area contributed by atoms with Gasteiger partial charge in [-0.05, 0) is 93.6 Å². The summed E-state index contributed by atoms with van der Waals surface area (Å²) < 4.78 is 2.23. The van der Waals surface area contributed by atoms with Crippen molar-refractivity contribution >= 4 is 72.0 Å². The summed E-state index contributed by atoms with van der Waals surface area (Å²) in [5.41, 5.74) is 4.41. The van der Waals surface area contributed by atoms with Crippen LogP contribution in [0, 0.1) is 5.92 Å². The number of hydrogen-bond donors (Lipinski definition) is 0. The van der Waals surface area contributed by atoms with Crippen LogP contribution in [0.15, 0.2) is 25.3 Å². The van der Waals surface area contributed by atoms with Crippen LogP contribution in [0.2, 0.25) is 0 Å². The first-order valence-corrected chi connectivity index (χ1v) is 35.5. The van der Waals surface area contributed by atoms with Gasteiger partial charge in [0.2, 0.25) is 5.91 Å². The highest BCUT2D eigenvalue weighted by Gasteiger charge is 2.57. The molecule has 2 aromatic heterocycles. The first kappa shape index (κ1) is 65.6. The number of aryl methyl sites for hydroxylation is 2. The van der Waals surface area contributed by atoms with Crippen LogP contribution in [0.1, 0.15) is 337 Å². The maximum absolute atomic E-state index is 15.3. The number of rotatable bonds is 50. The second kappa shape index (κ2) is 42.0. The molecule has 4 nitrogen and oxygen atoms in total. The Bertz CT molecular complexity index is 1780. The summed E-state index contributed by atoms with van der Waals surface area (Å²) in [5, 5.41) is 0. The van der Waals surface area contributed by atoms with Crippen molar-refractivity contribution in [2.75, 3.05) is 13.1 Å². The summed E-state index contributed by atoms with van der Waals surface area (Å²) in [5.74, 6) is -0.172. The van der Waals surface area contributed by atoms with E-state index < -0.39 is 5.92 Å². The van der Waals surface area contributed by atoms with Gasteiger partial charge in [-0.3, -0.25) is 9.59 Å². The lowest BCUT2D eigenvalue weighted by atomic mass is 9.92. The van der Waals surface area contributed by atoms with E-state index in [4.69, 9.17) is 0 Å². The van der Waals surface area contributed by atoms with Crippen LogP contribution < -0.4 is 0 Å². The van der Waals surface area contributed by atoms with Crippen molar-refractivity contribution in [1.82, 2.24) is 9.80 Å². The molecule has 0 aromatic carbocycles. The van der Waals surface area contributed by atoms with E-state index in [9.17, 15) is 0 Å². The van der Waals surface area contributed by atoms with E-state index in [0.29, 0.717) is 6.54 Å². The molecule has 2 amide bonds. The Hall–Kier alpha value is -0.960. The third-order valence-electron chi connectivity index (χ3n) is 16.7. The van der Waals surface area contributed by atoms with Crippen LogP contribution in [-0.2, 0) is 22.4 Å². The number of unbranched alkanes of at least 4 members (excludes halogenated alkanes) is 40. The van der Waals surface area contributed by atoms with E-state index in [1.54, 1.807) is 22.7 Å². The molecule has 8 heteroatoms. The number of fused-ring (bicyclic) bond motifs is 1. The smallest absolute Gasteiger partial charge is 0.253 e. The zero-order valence-electron chi connectivity index (χ0n) is 48.5. The highest BCUT2D eigenvalue weighted by atomic mass is 79.9. The van der Waals surface area contributed by atoms with Gasteiger partial charge in [0.25, 0.3) is 5.91 Å². The topological polar surface area (TPSA) is 40.6 Å². The quantitative estimate of drug-likeness (QED) is 0.0620. The van der Waals surface area contributed by atoms with Gasteiger partial charge in [-0.15, -0.1) is 22.7 Å². The van der Waals surface area contributed by atoms with Crippen molar-refractivity contribution in [3.63, 3.8) is 0 Å². The van der Waals surface area contributed by atoms with E-state index in [1.807, 2.05) is 0 Å². The maximum atomic E-state index is 15.3. The van der Waals surface area contributed by atoms with Gasteiger partial charge in [0.05, 0.1) is 35.7 Å². The zero-order chi connectivity index (χ0) is 52.9. The van der Waals surface area contributed by atoms with Crippen molar-refractivity contribution in [3.8, 4) is 0 Å². The Morgan fingerprint density at radius 3 is 1.14 bits per heavy atom. The fourth-order valence-electron chi connectivity index (χ4n) is 12.2. The van der Waals surface area contributed by atoms with Crippen molar-refractivity contribution in [3.05, 3.63) is 46.2 Å². The highest BCUT2D eigenvalue weighted by molar-refractivity contribution is 9.11. The molecule has 0 spiro atoms. The predicted molar refractivity (Wildman–Crippen MR) is 334 cm³/mol. The standard InChI is InChI=1S/C66H112Br2N2O2S2/c1-5-9-13-17-19-21-23-25-27-29-31-33-35-37-39-41-43-45-49-55-53-57(67)73-63(55)61-59-60(66(72)69(61)51-47-15-11-7-3)62(70(65(59)71)52-48-16-12-8-4)64-56(54-58(68)74-64)50-46-44-42-40-38-36-34-32-30-28-26-24-22-20-18-14-10-6-2/h53-54,59,61H,5-52H2,1-4H3. The fourth-order valence-corrected chi connectivity index (χ4v) is 15.8. The van der Waals surface area contributed by atoms with E-state index in [1.165, 1.54) is 247 Å². The van der Waals surface area contributed by atoms with Crippen molar-refractivity contribution < 1.29 is 9.59 Å². The van der Waals surface area contributed by atoms with E-state index in [2.05, 4.69) is 81.5 Å². The summed E-state index contributed by atoms with van der Waals surface area (Å²) in [6, 6.07) is 4.40. The zero-order valence-corrected chi connectivity index (χ0v) is 53.3. The Balaban J connectivity index is 1.33. The molecule has 0 N–H and O–H groups in total. The molecule has 0 bridgehead atoms. The minimum absolute atomic E-state index is 0.114. The molecule has 2 atom stereocenters. The van der Waals surface area contributed by atoms with Crippen LogP contribution in [0.25, 0.3) is 5.70 Å². The van der Waals surface area contributed by atoms with Crippen molar-refractivity contribution in [2.24, 2.45) is 5.92 Å². The fraction of sp³-hybridized carbons (Fsp3) is 0.818. The third-order valence-corrected chi connectivity index (χ3v) is 20.1. The number of carbonyl (C=O) groups is 2. The second-order valence-electron chi connectivity index (χ2n) is 23.2. The first-order chi connectivity index (χ1) is 36.4. The molecular weight excluding hydrogens is 1080 g/mol.